The predicted molar refractivity (Wildman–Crippen MR) is 119 cm³/mol. The van der Waals surface area contributed by atoms with Crippen molar-refractivity contribution in [2.75, 3.05) is 6.26 Å². The fraction of sp³-hybridized carbons (Fsp3) is 0.909. The average Bonchev–Trinajstić information content (AvgIpc) is 2.61. The Hall–Kier alpha value is -0.173. The topological polar surface area (TPSA) is 52.6 Å². The zero-order valence-electron chi connectivity index (χ0n) is 19.4. The minimum absolute atomic E-state index is 0.145. The monoisotopic (exact) mass is 430 g/mol. The lowest BCUT2D eigenvalue weighted by Crippen LogP contribution is -2.51. The Kier molecular flexibility index (Phi) is 7.33. The molecule has 0 heterocycles. The Balaban J connectivity index is 2.27. The van der Waals surface area contributed by atoms with E-state index in [0.29, 0.717) is 5.92 Å². The highest BCUT2D eigenvalue weighted by molar-refractivity contribution is 7.86. The molecule has 2 rings (SSSR count). The summed E-state index contributed by atoms with van der Waals surface area (Å²) in [6, 6.07) is 3.50. The highest BCUT2D eigenvalue weighted by Crippen LogP contribution is 2.54. The van der Waals surface area contributed by atoms with Gasteiger partial charge in [-0.3, -0.25) is 4.18 Å². The van der Waals surface area contributed by atoms with Crippen molar-refractivity contribution in [3.05, 3.63) is 11.1 Å². The number of allylic oxidation sites excluding steroid dienone is 1. The lowest BCUT2D eigenvalue weighted by molar-refractivity contribution is -0.0141. The Labute approximate surface area is 174 Å². The largest absolute Gasteiger partial charge is 0.412 e. The van der Waals surface area contributed by atoms with E-state index in [1.54, 1.807) is 0 Å². The average molecular weight is 431 g/mol. The van der Waals surface area contributed by atoms with Crippen molar-refractivity contribution in [2.45, 2.75) is 110 Å². The fourth-order valence-electron chi connectivity index (χ4n) is 5.61. The van der Waals surface area contributed by atoms with Crippen molar-refractivity contribution in [2.24, 2.45) is 11.3 Å². The molecule has 6 heteroatoms. The molecule has 0 aromatic rings. The van der Waals surface area contributed by atoms with Crippen LogP contribution in [0.1, 0.15) is 80.6 Å². The van der Waals surface area contributed by atoms with E-state index in [-0.39, 0.29) is 17.1 Å². The molecule has 1 saturated carbocycles. The van der Waals surface area contributed by atoms with Gasteiger partial charge in [-0.25, -0.2) is 0 Å². The van der Waals surface area contributed by atoms with Gasteiger partial charge in [0.2, 0.25) is 0 Å². The fourth-order valence-corrected chi connectivity index (χ4v) is 9.55. The molecular weight excluding hydrogens is 388 g/mol. The van der Waals surface area contributed by atoms with Crippen LogP contribution in [0.5, 0.6) is 0 Å². The van der Waals surface area contributed by atoms with Crippen LogP contribution in [0.15, 0.2) is 11.1 Å². The molecule has 1 fully saturated rings. The van der Waals surface area contributed by atoms with Crippen molar-refractivity contribution < 1.29 is 17.0 Å². The summed E-state index contributed by atoms with van der Waals surface area (Å²) >= 11 is 0. The summed E-state index contributed by atoms with van der Waals surface area (Å²) < 4.78 is 36.2. The van der Waals surface area contributed by atoms with Crippen LogP contribution in [-0.2, 0) is 18.7 Å². The molecule has 0 aromatic carbocycles. The van der Waals surface area contributed by atoms with E-state index in [4.69, 9.17) is 8.61 Å². The second kappa shape index (κ2) is 8.52. The van der Waals surface area contributed by atoms with Gasteiger partial charge in [0, 0.05) is 5.41 Å². The van der Waals surface area contributed by atoms with Crippen LogP contribution >= 0.6 is 0 Å². The zero-order valence-corrected chi connectivity index (χ0v) is 21.2. The van der Waals surface area contributed by atoms with E-state index in [1.807, 2.05) is 0 Å². The van der Waals surface area contributed by atoms with Crippen LogP contribution in [0.3, 0.4) is 0 Å². The molecule has 0 spiro atoms. The van der Waals surface area contributed by atoms with E-state index in [9.17, 15) is 8.42 Å². The standard InChI is InChI=1S/C22H42O4SSi/c1-9-28(10-2,11-3)26-21(5,6)18-14-15-22(7)19(16-18)17(4)12-13-20(22)25-27(8,23)24/h18,20H,9-16H2,1-8H3/t18-,20-,22-/m1/s1. The van der Waals surface area contributed by atoms with Crippen molar-refractivity contribution in [3.63, 3.8) is 0 Å². The number of hydrogen-bond donors (Lipinski definition) is 0. The van der Waals surface area contributed by atoms with Gasteiger partial charge in [-0.2, -0.15) is 8.42 Å². The number of hydrogen-bond acceptors (Lipinski definition) is 4. The van der Waals surface area contributed by atoms with E-state index in [1.165, 1.54) is 35.5 Å². The predicted octanol–water partition coefficient (Wildman–Crippen LogP) is 6.05. The molecule has 0 N–H and O–H groups in total. The molecule has 3 atom stereocenters. The van der Waals surface area contributed by atoms with Gasteiger partial charge < -0.3 is 4.43 Å². The Morgan fingerprint density at radius 2 is 1.71 bits per heavy atom. The first-order valence-electron chi connectivity index (χ1n) is 11.1. The molecule has 0 aliphatic heterocycles. The summed E-state index contributed by atoms with van der Waals surface area (Å²) in [5.74, 6) is 0.471. The first-order chi connectivity index (χ1) is 12.8. The molecule has 0 amide bonds. The van der Waals surface area contributed by atoms with E-state index < -0.39 is 18.4 Å². The smallest absolute Gasteiger partial charge is 0.264 e. The zero-order chi connectivity index (χ0) is 21.4. The second-order valence-electron chi connectivity index (χ2n) is 9.89. The first-order valence-corrected chi connectivity index (χ1v) is 15.4. The Morgan fingerprint density at radius 1 is 1.14 bits per heavy atom. The molecule has 0 saturated heterocycles. The molecule has 0 bridgehead atoms. The molecule has 0 unspecified atom stereocenters. The van der Waals surface area contributed by atoms with Crippen LogP contribution in [0, 0.1) is 11.3 Å². The summed E-state index contributed by atoms with van der Waals surface area (Å²) in [5.41, 5.74) is 2.54. The van der Waals surface area contributed by atoms with Gasteiger partial charge in [-0.1, -0.05) is 38.8 Å². The van der Waals surface area contributed by atoms with Crippen molar-refractivity contribution in [1.82, 2.24) is 0 Å². The van der Waals surface area contributed by atoms with Crippen molar-refractivity contribution >= 4 is 18.4 Å². The number of rotatable bonds is 8. The first kappa shape index (κ1) is 24.1. The van der Waals surface area contributed by atoms with Crippen LogP contribution in [0.2, 0.25) is 18.1 Å². The van der Waals surface area contributed by atoms with Gasteiger partial charge in [-0.15, -0.1) is 0 Å². The summed E-state index contributed by atoms with van der Waals surface area (Å²) in [4.78, 5) is 0. The molecule has 164 valence electrons. The quantitative estimate of drug-likeness (QED) is 0.267. The van der Waals surface area contributed by atoms with Crippen LogP contribution in [0.4, 0.5) is 0 Å². The van der Waals surface area contributed by atoms with Gasteiger partial charge in [0.25, 0.3) is 10.1 Å². The maximum absolute atomic E-state index is 11.8. The molecule has 28 heavy (non-hydrogen) atoms. The van der Waals surface area contributed by atoms with E-state index in [2.05, 4.69) is 48.5 Å². The maximum Gasteiger partial charge on any atom is 0.264 e. The minimum atomic E-state index is -3.45. The molecule has 0 aromatic heterocycles. The van der Waals surface area contributed by atoms with Gasteiger partial charge >= 0.3 is 0 Å². The highest BCUT2D eigenvalue weighted by atomic mass is 32.2. The molecule has 2 aliphatic rings. The molecule has 2 aliphatic carbocycles. The normalized spacial score (nSPS) is 29.7. The van der Waals surface area contributed by atoms with Crippen LogP contribution in [0.25, 0.3) is 0 Å². The molecular formula is C22H42O4SSi. The lowest BCUT2D eigenvalue weighted by atomic mass is 9.58. The molecule has 4 nitrogen and oxygen atoms in total. The van der Waals surface area contributed by atoms with Crippen LogP contribution in [-0.4, -0.2) is 34.7 Å². The van der Waals surface area contributed by atoms with Gasteiger partial charge in [-0.05, 0) is 76.9 Å². The van der Waals surface area contributed by atoms with E-state index >= 15 is 0 Å². The minimum Gasteiger partial charge on any atom is -0.412 e. The number of fused-ring (bicyclic) bond motifs is 1. The van der Waals surface area contributed by atoms with Crippen molar-refractivity contribution in [3.8, 4) is 0 Å². The lowest BCUT2D eigenvalue weighted by Gasteiger charge is -2.52. The summed E-state index contributed by atoms with van der Waals surface area (Å²) in [6.45, 7) is 15.9. The summed E-state index contributed by atoms with van der Waals surface area (Å²) in [7, 11) is -5.13. The van der Waals surface area contributed by atoms with Crippen LogP contribution < -0.4 is 0 Å². The Bertz CT molecular complexity index is 685. The highest BCUT2D eigenvalue weighted by Gasteiger charge is 2.50. The third-order valence-electron chi connectivity index (χ3n) is 7.85. The van der Waals surface area contributed by atoms with E-state index in [0.717, 1.165) is 32.1 Å². The second-order valence-corrected chi connectivity index (χ2v) is 16.2. The summed E-state index contributed by atoms with van der Waals surface area (Å²) in [6.07, 6.45) is 5.69. The van der Waals surface area contributed by atoms with Gasteiger partial charge in [0.15, 0.2) is 8.32 Å². The van der Waals surface area contributed by atoms with Gasteiger partial charge in [0.1, 0.15) is 0 Å². The summed E-state index contributed by atoms with van der Waals surface area (Å²) in [5, 5.41) is 0. The maximum atomic E-state index is 11.8. The molecule has 0 radical (unpaired) electrons. The third-order valence-corrected chi connectivity index (χ3v) is 13.3. The Morgan fingerprint density at radius 3 is 2.21 bits per heavy atom. The SMILES string of the molecule is CC[Si](CC)(CC)OC(C)(C)[C@@H]1CC[C@]2(C)C(=C(C)CC[C@H]2OS(C)(=O)=O)C1. The van der Waals surface area contributed by atoms with Crippen molar-refractivity contribution in [1.29, 1.82) is 0 Å². The van der Waals surface area contributed by atoms with Gasteiger partial charge in [0.05, 0.1) is 18.0 Å². The third kappa shape index (κ3) is 4.93.